The van der Waals surface area contributed by atoms with E-state index in [1.165, 1.54) is 11.7 Å². The minimum atomic E-state index is -1.59. The van der Waals surface area contributed by atoms with Crippen molar-refractivity contribution in [3.63, 3.8) is 0 Å². The van der Waals surface area contributed by atoms with Crippen LogP contribution in [0.15, 0.2) is 53.3 Å². The van der Waals surface area contributed by atoms with E-state index in [-0.39, 0.29) is 18.0 Å². The fourth-order valence-electron chi connectivity index (χ4n) is 2.96. The quantitative estimate of drug-likeness (QED) is 0.638. The van der Waals surface area contributed by atoms with Gasteiger partial charge >= 0.3 is 6.16 Å². The lowest BCUT2D eigenvalue weighted by Gasteiger charge is -2.16. The molecule has 0 aliphatic rings. The third-order valence-electron chi connectivity index (χ3n) is 4.39. The number of ether oxygens (including phenoxy) is 3. The van der Waals surface area contributed by atoms with Crippen LogP contribution in [0, 0.1) is 6.92 Å². The number of carboxylic acid groups (broad SMARTS) is 1. The Bertz CT molecular complexity index is 1090. The van der Waals surface area contributed by atoms with E-state index in [2.05, 4.69) is 4.98 Å². The lowest BCUT2D eigenvalue weighted by Crippen LogP contribution is -2.28. The Hall–Kier alpha value is -3.81. The minimum Gasteiger partial charge on any atom is -0.497 e. The second-order valence-corrected chi connectivity index (χ2v) is 6.14. The Labute approximate surface area is 166 Å². The molecule has 0 fully saturated rings. The van der Waals surface area contributed by atoms with Gasteiger partial charge in [-0.3, -0.25) is 9.36 Å². The van der Waals surface area contributed by atoms with Gasteiger partial charge in [-0.25, -0.2) is 9.78 Å². The first-order chi connectivity index (χ1) is 13.9. The second kappa shape index (κ2) is 8.47. The smallest absolute Gasteiger partial charge is 0.497 e. The zero-order valence-electron chi connectivity index (χ0n) is 16.2. The van der Waals surface area contributed by atoms with Crippen LogP contribution in [0.2, 0.25) is 0 Å². The number of methoxy groups -OCH3 is 2. The average Bonchev–Trinajstić information content (AvgIpc) is 2.73. The third-order valence-corrected chi connectivity index (χ3v) is 4.39. The predicted octanol–water partition coefficient (Wildman–Crippen LogP) is 3.34. The third kappa shape index (κ3) is 4.21. The lowest BCUT2D eigenvalue weighted by molar-refractivity contribution is 0.143. The molecule has 3 rings (SSSR count). The molecule has 0 aliphatic carbocycles. The molecule has 0 aliphatic heterocycles. The van der Waals surface area contributed by atoms with E-state index in [1.54, 1.807) is 44.4 Å². The van der Waals surface area contributed by atoms with Crippen LogP contribution in [0.3, 0.4) is 0 Å². The van der Waals surface area contributed by atoms with E-state index in [9.17, 15) is 9.59 Å². The van der Waals surface area contributed by atoms with Gasteiger partial charge in [0.2, 0.25) is 5.75 Å². The van der Waals surface area contributed by atoms with Gasteiger partial charge in [0.1, 0.15) is 23.0 Å². The molecular weight excluding hydrogens is 376 g/mol. The normalized spacial score (nSPS) is 10.4. The van der Waals surface area contributed by atoms with Crippen LogP contribution in [0.4, 0.5) is 4.79 Å². The van der Waals surface area contributed by atoms with Crippen LogP contribution in [0.5, 0.6) is 17.2 Å². The molecule has 0 radical (unpaired) electrons. The molecular formula is C21H20N2O6. The molecule has 0 bridgehead atoms. The highest BCUT2D eigenvalue weighted by Gasteiger charge is 2.21. The van der Waals surface area contributed by atoms with Crippen molar-refractivity contribution in [3.05, 3.63) is 70.3 Å². The molecule has 150 valence electrons. The standard InChI is InChI=1S/C21H20N2O6/c1-13-22-18(14-8-10-16(27-2)11-9-14)19(29-21(25)26)20(24)23(13)12-15-6-4-5-7-17(15)28-3/h4-11H,12H2,1-3H3,(H,25,26). The van der Waals surface area contributed by atoms with Crippen molar-refractivity contribution in [1.29, 1.82) is 0 Å². The average molecular weight is 396 g/mol. The van der Waals surface area contributed by atoms with Gasteiger partial charge in [0.25, 0.3) is 5.56 Å². The number of aromatic nitrogens is 2. The molecule has 2 aromatic carbocycles. The highest BCUT2D eigenvalue weighted by Crippen LogP contribution is 2.28. The fourth-order valence-corrected chi connectivity index (χ4v) is 2.96. The summed E-state index contributed by atoms with van der Waals surface area (Å²) in [6.07, 6.45) is -1.59. The van der Waals surface area contributed by atoms with Crippen LogP contribution < -0.4 is 19.8 Å². The topological polar surface area (TPSA) is 99.9 Å². The summed E-state index contributed by atoms with van der Waals surface area (Å²) in [4.78, 5) is 28.8. The van der Waals surface area contributed by atoms with Crippen molar-refractivity contribution in [3.8, 4) is 28.5 Å². The number of aryl methyl sites for hydroxylation is 1. The molecule has 1 aromatic heterocycles. The number of hydrogen-bond donors (Lipinski definition) is 1. The molecule has 29 heavy (non-hydrogen) atoms. The first-order valence-electron chi connectivity index (χ1n) is 8.73. The number of nitrogens with zero attached hydrogens (tertiary/aromatic N) is 2. The monoisotopic (exact) mass is 396 g/mol. The van der Waals surface area contributed by atoms with Gasteiger partial charge in [0.05, 0.1) is 20.8 Å². The largest absolute Gasteiger partial charge is 0.511 e. The summed E-state index contributed by atoms with van der Waals surface area (Å²) in [5, 5.41) is 9.14. The van der Waals surface area contributed by atoms with Crippen LogP contribution in [-0.4, -0.2) is 35.0 Å². The van der Waals surface area contributed by atoms with Crippen LogP contribution >= 0.6 is 0 Å². The van der Waals surface area contributed by atoms with Gasteiger partial charge in [-0.05, 0) is 37.3 Å². The van der Waals surface area contributed by atoms with E-state index in [1.807, 2.05) is 18.2 Å². The fraction of sp³-hybridized carbons (Fsp3) is 0.190. The molecule has 0 atom stereocenters. The number of hydrogen-bond acceptors (Lipinski definition) is 6. The SMILES string of the molecule is COc1ccc(-c2nc(C)n(Cc3ccccc3OC)c(=O)c2OC(=O)O)cc1. The van der Waals surface area contributed by atoms with Crippen molar-refractivity contribution < 1.29 is 24.1 Å². The van der Waals surface area contributed by atoms with Crippen LogP contribution in [0.1, 0.15) is 11.4 Å². The molecule has 8 nitrogen and oxygen atoms in total. The second-order valence-electron chi connectivity index (χ2n) is 6.14. The molecule has 0 unspecified atom stereocenters. The summed E-state index contributed by atoms with van der Waals surface area (Å²) in [7, 11) is 3.08. The number of rotatable bonds is 6. The van der Waals surface area contributed by atoms with Crippen molar-refractivity contribution in [2.45, 2.75) is 13.5 Å². The number of benzene rings is 2. The van der Waals surface area contributed by atoms with Gasteiger partial charge < -0.3 is 19.3 Å². The number of carbonyl (C=O) groups is 1. The summed E-state index contributed by atoms with van der Waals surface area (Å²) in [5.74, 6) is 1.28. The Balaban J connectivity index is 2.14. The molecule has 0 saturated carbocycles. The van der Waals surface area contributed by atoms with E-state index in [4.69, 9.17) is 19.3 Å². The minimum absolute atomic E-state index is 0.147. The molecule has 0 amide bonds. The van der Waals surface area contributed by atoms with E-state index >= 15 is 0 Å². The summed E-state index contributed by atoms with van der Waals surface area (Å²) in [6, 6.07) is 14.0. The van der Waals surface area contributed by atoms with Gasteiger partial charge in [-0.2, -0.15) is 0 Å². The van der Waals surface area contributed by atoms with Gasteiger partial charge in [0.15, 0.2) is 0 Å². The summed E-state index contributed by atoms with van der Waals surface area (Å²) in [5.41, 5.74) is 0.831. The van der Waals surface area contributed by atoms with Crippen LogP contribution in [0.25, 0.3) is 11.3 Å². The predicted molar refractivity (Wildman–Crippen MR) is 106 cm³/mol. The van der Waals surface area contributed by atoms with Crippen molar-refractivity contribution in [1.82, 2.24) is 9.55 Å². The molecule has 0 saturated heterocycles. The Morgan fingerprint density at radius 2 is 1.76 bits per heavy atom. The Kier molecular flexibility index (Phi) is 5.82. The number of para-hydroxylation sites is 1. The summed E-state index contributed by atoms with van der Waals surface area (Å²) < 4.78 is 16.7. The lowest BCUT2D eigenvalue weighted by atomic mass is 10.1. The van der Waals surface area contributed by atoms with Crippen molar-refractivity contribution in [2.75, 3.05) is 14.2 Å². The van der Waals surface area contributed by atoms with Gasteiger partial charge in [0, 0.05) is 11.1 Å². The summed E-state index contributed by atoms with van der Waals surface area (Å²) >= 11 is 0. The van der Waals surface area contributed by atoms with Crippen molar-refractivity contribution >= 4 is 6.16 Å². The Morgan fingerprint density at radius 3 is 2.38 bits per heavy atom. The van der Waals surface area contributed by atoms with Crippen molar-refractivity contribution in [2.24, 2.45) is 0 Å². The molecule has 1 heterocycles. The van der Waals surface area contributed by atoms with Crippen LogP contribution in [-0.2, 0) is 6.54 Å². The zero-order chi connectivity index (χ0) is 21.0. The molecule has 8 heteroatoms. The highest BCUT2D eigenvalue weighted by molar-refractivity contribution is 5.71. The molecule has 1 N–H and O–H groups in total. The van der Waals surface area contributed by atoms with E-state index < -0.39 is 11.7 Å². The molecule has 0 spiro atoms. The van der Waals surface area contributed by atoms with Gasteiger partial charge in [-0.15, -0.1) is 0 Å². The Morgan fingerprint density at radius 1 is 1.07 bits per heavy atom. The first kappa shape index (κ1) is 19.9. The summed E-state index contributed by atoms with van der Waals surface area (Å²) in [6.45, 7) is 1.83. The first-order valence-corrected chi connectivity index (χ1v) is 8.73. The van der Waals surface area contributed by atoms with E-state index in [0.29, 0.717) is 22.9 Å². The maximum absolute atomic E-state index is 13.1. The highest BCUT2D eigenvalue weighted by atomic mass is 16.7. The molecule has 3 aromatic rings. The zero-order valence-corrected chi connectivity index (χ0v) is 16.2. The van der Waals surface area contributed by atoms with Gasteiger partial charge in [-0.1, -0.05) is 18.2 Å². The maximum atomic E-state index is 13.1. The van der Waals surface area contributed by atoms with E-state index in [0.717, 1.165) is 5.56 Å². The maximum Gasteiger partial charge on any atom is 0.511 e.